The van der Waals surface area contributed by atoms with Crippen LogP contribution in [0, 0.1) is 0 Å². The molecule has 2 heterocycles. The number of anilines is 1. The first kappa shape index (κ1) is 19.5. The second kappa shape index (κ2) is 7.57. The van der Waals surface area contributed by atoms with Gasteiger partial charge in [0.2, 0.25) is 0 Å². The van der Waals surface area contributed by atoms with Crippen LogP contribution in [0.2, 0.25) is 5.02 Å². The molecule has 29 heavy (non-hydrogen) atoms. The predicted molar refractivity (Wildman–Crippen MR) is 116 cm³/mol. The molecule has 8 heteroatoms. The predicted octanol–water partition coefficient (Wildman–Crippen LogP) is 4.11. The van der Waals surface area contributed by atoms with Gasteiger partial charge in [0.1, 0.15) is 10.7 Å². The van der Waals surface area contributed by atoms with Crippen molar-refractivity contribution in [1.29, 1.82) is 0 Å². The van der Waals surface area contributed by atoms with Gasteiger partial charge in [0, 0.05) is 24.8 Å². The van der Waals surface area contributed by atoms with Gasteiger partial charge in [-0.15, -0.1) is 0 Å². The summed E-state index contributed by atoms with van der Waals surface area (Å²) in [5.41, 5.74) is 2.13. The van der Waals surface area contributed by atoms with Crippen molar-refractivity contribution in [3.05, 3.63) is 76.3 Å². The smallest absolute Gasteiger partial charge is 0.267 e. The molecular weight excluding hydrogens is 410 g/mol. The first-order valence-electron chi connectivity index (χ1n) is 9.06. The van der Waals surface area contributed by atoms with Crippen LogP contribution in [0.3, 0.4) is 0 Å². The van der Waals surface area contributed by atoms with Crippen molar-refractivity contribution < 1.29 is 13.2 Å². The van der Waals surface area contributed by atoms with E-state index in [1.807, 2.05) is 35.4 Å². The molecule has 150 valence electrons. The fourth-order valence-electron chi connectivity index (χ4n) is 3.31. The minimum absolute atomic E-state index is 0.171. The zero-order chi connectivity index (χ0) is 20.6. The van der Waals surface area contributed by atoms with Crippen molar-refractivity contribution in [2.75, 3.05) is 25.0 Å². The molecule has 0 saturated heterocycles. The topological polar surface area (TPSA) is 62.2 Å². The van der Waals surface area contributed by atoms with Gasteiger partial charge in [-0.25, -0.2) is 13.4 Å². The van der Waals surface area contributed by atoms with E-state index < -0.39 is 10.0 Å². The molecule has 0 amide bonds. The normalized spacial score (nSPS) is 17.1. The largest absolute Gasteiger partial charge is 0.497 e. The summed E-state index contributed by atoms with van der Waals surface area (Å²) in [5, 5.41) is 0.502. The van der Waals surface area contributed by atoms with Crippen LogP contribution in [0.25, 0.3) is 0 Å². The Kier molecular flexibility index (Phi) is 5.10. The van der Waals surface area contributed by atoms with Gasteiger partial charge in [-0.05, 0) is 54.5 Å². The fraction of sp³-hybridized carbons (Fsp3) is 0.190. The van der Waals surface area contributed by atoms with E-state index in [1.54, 1.807) is 37.5 Å². The zero-order valence-electron chi connectivity index (χ0n) is 16.0. The lowest BCUT2D eigenvalue weighted by Crippen LogP contribution is -2.37. The molecule has 2 aliphatic heterocycles. The Balaban J connectivity index is 1.69. The van der Waals surface area contributed by atoms with Crippen LogP contribution in [0.5, 0.6) is 5.75 Å². The number of rotatable bonds is 4. The van der Waals surface area contributed by atoms with Gasteiger partial charge in [0.15, 0.2) is 5.84 Å². The van der Waals surface area contributed by atoms with Crippen LogP contribution in [0.4, 0.5) is 11.4 Å². The average molecular weight is 430 g/mol. The fourth-order valence-corrected chi connectivity index (χ4v) is 4.83. The second-order valence-corrected chi connectivity index (χ2v) is 9.08. The highest BCUT2D eigenvalue weighted by Crippen LogP contribution is 2.38. The number of allylic oxidation sites excluding steroid dienone is 2. The molecule has 0 radical (unpaired) electrons. The van der Waals surface area contributed by atoms with Crippen molar-refractivity contribution in [3.63, 3.8) is 0 Å². The number of hydrogen-bond donors (Lipinski definition) is 0. The number of halogens is 1. The molecule has 0 unspecified atom stereocenters. The molecule has 0 spiro atoms. The molecule has 2 aromatic carbocycles. The maximum Gasteiger partial charge on any atom is 0.267 e. The molecule has 0 saturated carbocycles. The summed E-state index contributed by atoms with van der Waals surface area (Å²) < 4.78 is 32.8. The molecule has 0 fully saturated rings. The Labute approximate surface area is 175 Å². The summed E-state index contributed by atoms with van der Waals surface area (Å²) >= 11 is 6.14. The Hall–Kier alpha value is -2.77. The first-order chi connectivity index (χ1) is 13.9. The summed E-state index contributed by atoms with van der Waals surface area (Å²) in [6.45, 7) is 0.578. The van der Waals surface area contributed by atoms with Gasteiger partial charge in [-0.1, -0.05) is 23.7 Å². The van der Waals surface area contributed by atoms with Gasteiger partial charge in [-0.2, -0.15) is 0 Å². The van der Waals surface area contributed by atoms with Crippen LogP contribution in [0.1, 0.15) is 5.56 Å². The molecule has 2 aromatic rings. The monoisotopic (exact) mass is 429 g/mol. The summed E-state index contributed by atoms with van der Waals surface area (Å²) in [4.78, 5) is 6.72. The molecule has 6 nitrogen and oxygen atoms in total. The molecule has 0 bridgehead atoms. The highest BCUT2D eigenvalue weighted by Gasteiger charge is 2.35. The van der Waals surface area contributed by atoms with E-state index in [9.17, 15) is 8.42 Å². The van der Waals surface area contributed by atoms with E-state index in [2.05, 4.69) is 4.99 Å². The van der Waals surface area contributed by atoms with E-state index in [-0.39, 0.29) is 4.91 Å². The SMILES string of the molecule is COc1ccc(CCN2C=CC=C3C2=Nc2cc(Cl)ccc2N(C)S3(=O)=O)cc1. The summed E-state index contributed by atoms with van der Waals surface area (Å²) in [7, 11) is -0.578. The molecule has 0 aromatic heterocycles. The standard InChI is InChI=1S/C21H20ClN3O3S/c1-24-19-10-7-16(22)14-18(19)23-21-20(29(24,26)27)4-3-12-25(21)13-11-15-5-8-17(28-2)9-6-15/h3-10,12,14H,11,13H2,1-2H3. The molecular formula is C21H20ClN3O3S. The third kappa shape index (κ3) is 3.63. The van der Waals surface area contributed by atoms with Crippen molar-refractivity contribution in [2.45, 2.75) is 6.42 Å². The van der Waals surface area contributed by atoms with E-state index >= 15 is 0 Å². The molecule has 0 aliphatic carbocycles. The maximum absolute atomic E-state index is 13.2. The van der Waals surface area contributed by atoms with Gasteiger partial charge in [0.25, 0.3) is 10.0 Å². The number of fused-ring (bicyclic) bond motifs is 2. The first-order valence-corrected chi connectivity index (χ1v) is 10.9. The maximum atomic E-state index is 13.2. The zero-order valence-corrected chi connectivity index (χ0v) is 17.6. The van der Waals surface area contributed by atoms with Crippen LogP contribution >= 0.6 is 11.6 Å². The number of methoxy groups -OCH3 is 1. The number of hydrogen-bond acceptors (Lipinski definition) is 5. The van der Waals surface area contributed by atoms with Gasteiger partial charge in [-0.3, -0.25) is 4.31 Å². The molecule has 0 N–H and O–H groups in total. The van der Waals surface area contributed by atoms with Crippen LogP contribution in [-0.2, 0) is 16.4 Å². The molecule has 2 aliphatic rings. The van der Waals surface area contributed by atoms with Crippen molar-refractivity contribution >= 4 is 38.8 Å². The lowest BCUT2D eigenvalue weighted by molar-refractivity contribution is 0.414. The second-order valence-electron chi connectivity index (χ2n) is 6.70. The van der Waals surface area contributed by atoms with E-state index in [4.69, 9.17) is 16.3 Å². The summed E-state index contributed by atoms with van der Waals surface area (Å²) in [5.74, 6) is 1.20. The lowest BCUT2D eigenvalue weighted by atomic mass is 10.1. The summed E-state index contributed by atoms with van der Waals surface area (Å²) in [6, 6.07) is 12.8. The number of sulfonamides is 1. The van der Waals surface area contributed by atoms with Crippen molar-refractivity contribution in [3.8, 4) is 5.75 Å². The number of benzene rings is 2. The minimum atomic E-state index is -3.74. The van der Waals surface area contributed by atoms with Crippen molar-refractivity contribution in [1.82, 2.24) is 4.90 Å². The van der Waals surface area contributed by atoms with Gasteiger partial charge in [0.05, 0.1) is 18.5 Å². The third-order valence-corrected chi connectivity index (χ3v) is 6.98. The lowest BCUT2D eigenvalue weighted by Gasteiger charge is -2.26. The van der Waals surface area contributed by atoms with E-state index in [1.165, 1.54) is 11.4 Å². The number of aliphatic imine (C=N–C) groups is 1. The third-order valence-electron chi connectivity index (χ3n) is 4.95. The van der Waals surface area contributed by atoms with Crippen LogP contribution in [-0.4, -0.2) is 39.9 Å². The van der Waals surface area contributed by atoms with E-state index in [0.29, 0.717) is 28.8 Å². The Bertz CT molecular complexity index is 1140. The Morgan fingerprint density at radius 1 is 1.14 bits per heavy atom. The Morgan fingerprint density at radius 3 is 2.62 bits per heavy atom. The summed E-state index contributed by atoms with van der Waals surface area (Å²) in [6.07, 6.45) is 5.88. The highest BCUT2D eigenvalue weighted by molar-refractivity contribution is 7.97. The highest BCUT2D eigenvalue weighted by atomic mass is 35.5. The van der Waals surface area contributed by atoms with E-state index in [0.717, 1.165) is 17.7 Å². The number of ether oxygens (including phenoxy) is 1. The Morgan fingerprint density at radius 2 is 1.90 bits per heavy atom. The average Bonchev–Trinajstić information content (AvgIpc) is 2.80. The van der Waals surface area contributed by atoms with Crippen LogP contribution < -0.4 is 9.04 Å². The molecule has 4 rings (SSSR count). The van der Waals surface area contributed by atoms with Crippen molar-refractivity contribution in [2.24, 2.45) is 4.99 Å². The number of nitrogens with zero attached hydrogens (tertiary/aromatic N) is 3. The molecule has 0 atom stereocenters. The minimum Gasteiger partial charge on any atom is -0.497 e. The van der Waals surface area contributed by atoms with Gasteiger partial charge >= 0.3 is 0 Å². The quantitative estimate of drug-likeness (QED) is 0.733. The van der Waals surface area contributed by atoms with Gasteiger partial charge < -0.3 is 9.64 Å². The number of amidine groups is 1. The van der Waals surface area contributed by atoms with Crippen LogP contribution in [0.15, 0.2) is 70.7 Å².